The van der Waals surface area contributed by atoms with Crippen molar-refractivity contribution in [3.63, 3.8) is 0 Å². The second-order valence-electron chi connectivity index (χ2n) is 1.63. The topological polar surface area (TPSA) is 47.8 Å². The smallest absolute Gasteiger partial charge is 0.245 e. The van der Waals surface area contributed by atoms with Crippen LogP contribution in [0.15, 0.2) is 17.4 Å². The zero-order chi connectivity index (χ0) is 8.48. The molecule has 11 heavy (non-hydrogen) atoms. The molecule has 4 nitrogen and oxygen atoms in total. The van der Waals surface area contributed by atoms with E-state index in [1.54, 1.807) is 0 Å². The third-order valence-electron chi connectivity index (χ3n) is 0.896. The first-order valence-electron chi connectivity index (χ1n) is 2.47. The molecule has 0 unspecified atom stereocenters. The van der Waals surface area contributed by atoms with E-state index in [0.717, 1.165) is 17.2 Å². The summed E-state index contributed by atoms with van der Waals surface area (Å²) in [5.41, 5.74) is -0.653. The summed E-state index contributed by atoms with van der Waals surface area (Å²) < 4.78 is -1.03. The fraction of sp³-hybridized carbons (Fsp3) is 0.250. The van der Waals surface area contributed by atoms with Gasteiger partial charge in [-0.1, -0.05) is 34.8 Å². The number of halogens is 3. The van der Waals surface area contributed by atoms with Crippen molar-refractivity contribution in [1.82, 2.24) is 14.5 Å². The standard InChI is InChI=1S/C4H2Cl3N3O/c5-4(6,7)10-2-8-1-9-3(10)11/h1-2H. The fourth-order valence-electron chi connectivity index (χ4n) is 0.465. The van der Waals surface area contributed by atoms with Crippen LogP contribution >= 0.6 is 34.8 Å². The highest BCUT2D eigenvalue weighted by atomic mass is 35.6. The third kappa shape index (κ3) is 2.05. The first-order valence-corrected chi connectivity index (χ1v) is 3.61. The van der Waals surface area contributed by atoms with E-state index in [9.17, 15) is 4.79 Å². The predicted molar refractivity (Wildman–Crippen MR) is 41.8 cm³/mol. The Kier molecular flexibility index (Phi) is 2.37. The summed E-state index contributed by atoms with van der Waals surface area (Å²) in [7, 11) is 0. The quantitative estimate of drug-likeness (QED) is 0.604. The van der Waals surface area contributed by atoms with E-state index in [1.165, 1.54) is 0 Å². The molecule has 0 aromatic carbocycles. The molecule has 0 aliphatic carbocycles. The van der Waals surface area contributed by atoms with Gasteiger partial charge < -0.3 is 0 Å². The van der Waals surface area contributed by atoms with Crippen LogP contribution in [0.1, 0.15) is 0 Å². The SMILES string of the molecule is O=c1ncncn1C(Cl)(Cl)Cl. The van der Waals surface area contributed by atoms with E-state index in [1.807, 2.05) is 0 Å². The lowest BCUT2D eigenvalue weighted by atomic mass is 10.9. The van der Waals surface area contributed by atoms with Gasteiger partial charge in [0.2, 0.25) is 0 Å². The van der Waals surface area contributed by atoms with Gasteiger partial charge >= 0.3 is 5.69 Å². The van der Waals surface area contributed by atoms with E-state index >= 15 is 0 Å². The van der Waals surface area contributed by atoms with Crippen LogP contribution in [0, 0.1) is 0 Å². The molecule has 7 heteroatoms. The molecule has 0 radical (unpaired) electrons. The highest BCUT2D eigenvalue weighted by Gasteiger charge is 2.23. The molecule has 0 aliphatic rings. The van der Waals surface area contributed by atoms with E-state index in [0.29, 0.717) is 0 Å². The third-order valence-corrected chi connectivity index (χ3v) is 1.44. The summed E-state index contributed by atoms with van der Waals surface area (Å²) in [6, 6.07) is 0. The van der Waals surface area contributed by atoms with Gasteiger partial charge in [0.15, 0.2) is 0 Å². The van der Waals surface area contributed by atoms with Crippen LogP contribution in [0.2, 0.25) is 0 Å². The Bertz CT molecular complexity index is 304. The van der Waals surface area contributed by atoms with Crippen molar-refractivity contribution in [2.75, 3.05) is 0 Å². The van der Waals surface area contributed by atoms with Gasteiger partial charge in [-0.25, -0.2) is 14.3 Å². The van der Waals surface area contributed by atoms with Crippen molar-refractivity contribution in [2.24, 2.45) is 0 Å². The van der Waals surface area contributed by atoms with Crippen molar-refractivity contribution in [3.05, 3.63) is 23.1 Å². The van der Waals surface area contributed by atoms with Gasteiger partial charge in [-0.05, 0) is 0 Å². The number of alkyl halides is 3. The molecule has 0 bridgehead atoms. The van der Waals surface area contributed by atoms with Crippen molar-refractivity contribution in [2.45, 2.75) is 3.92 Å². The zero-order valence-corrected chi connectivity index (χ0v) is 7.31. The average Bonchev–Trinajstić information content (AvgIpc) is 1.86. The first-order chi connectivity index (χ1) is 5.02. The minimum Gasteiger partial charge on any atom is -0.245 e. The van der Waals surface area contributed by atoms with Gasteiger partial charge in [0.05, 0.1) is 0 Å². The number of hydrogen-bond acceptors (Lipinski definition) is 3. The molecule has 1 heterocycles. The van der Waals surface area contributed by atoms with Crippen LogP contribution in [0.3, 0.4) is 0 Å². The molecule has 1 aromatic heterocycles. The van der Waals surface area contributed by atoms with Crippen LogP contribution in [-0.2, 0) is 3.92 Å². The lowest BCUT2D eigenvalue weighted by Crippen LogP contribution is -2.30. The number of rotatable bonds is 0. The maximum Gasteiger partial charge on any atom is 0.353 e. The molecule has 60 valence electrons. The van der Waals surface area contributed by atoms with Gasteiger partial charge in [0.1, 0.15) is 12.7 Å². The molecule has 0 saturated heterocycles. The van der Waals surface area contributed by atoms with Crippen LogP contribution in [0.4, 0.5) is 0 Å². The average molecular weight is 214 g/mol. The predicted octanol–water partition coefficient (Wildman–Crippen LogP) is 0.923. The van der Waals surface area contributed by atoms with Gasteiger partial charge in [-0.3, -0.25) is 0 Å². The van der Waals surface area contributed by atoms with Gasteiger partial charge in [-0.2, -0.15) is 4.98 Å². The Morgan fingerprint density at radius 1 is 1.45 bits per heavy atom. The van der Waals surface area contributed by atoms with Crippen molar-refractivity contribution < 1.29 is 0 Å². The van der Waals surface area contributed by atoms with E-state index < -0.39 is 9.61 Å². The molecule has 0 spiro atoms. The highest BCUT2D eigenvalue weighted by Crippen LogP contribution is 2.29. The second kappa shape index (κ2) is 2.97. The first kappa shape index (κ1) is 8.77. The minimum atomic E-state index is -1.82. The summed E-state index contributed by atoms with van der Waals surface area (Å²) in [4.78, 5) is 17.6. The molecule has 0 saturated carbocycles. The lowest BCUT2D eigenvalue weighted by molar-refractivity contribution is 0.688. The normalized spacial score (nSPS) is 11.5. The molecule has 0 amide bonds. The zero-order valence-electron chi connectivity index (χ0n) is 5.04. The fourth-order valence-corrected chi connectivity index (χ4v) is 0.813. The summed E-state index contributed by atoms with van der Waals surface area (Å²) in [6.45, 7) is 0. The second-order valence-corrected chi connectivity index (χ2v) is 3.85. The minimum absolute atomic E-state index is 0.653. The Morgan fingerprint density at radius 3 is 2.45 bits per heavy atom. The summed E-state index contributed by atoms with van der Waals surface area (Å²) >= 11 is 16.1. The van der Waals surface area contributed by atoms with Gasteiger partial charge in [0.25, 0.3) is 3.92 Å². The lowest BCUT2D eigenvalue weighted by Gasteiger charge is -2.11. The van der Waals surface area contributed by atoms with E-state index in [4.69, 9.17) is 34.8 Å². The largest absolute Gasteiger partial charge is 0.353 e. The van der Waals surface area contributed by atoms with E-state index in [-0.39, 0.29) is 0 Å². The Balaban J connectivity index is 3.26. The molecular formula is C4H2Cl3N3O. The summed E-state index contributed by atoms with van der Waals surface area (Å²) in [6.07, 6.45) is 2.18. The molecule has 0 N–H and O–H groups in total. The van der Waals surface area contributed by atoms with Crippen molar-refractivity contribution >= 4 is 34.8 Å². The number of hydrogen-bond donors (Lipinski definition) is 0. The number of aromatic nitrogens is 3. The highest BCUT2D eigenvalue weighted by molar-refractivity contribution is 6.64. The molecule has 0 aliphatic heterocycles. The Morgan fingerprint density at radius 2 is 2.09 bits per heavy atom. The Hall–Kier alpha value is -0.320. The summed E-state index contributed by atoms with van der Waals surface area (Å²) in [5, 5.41) is 0. The van der Waals surface area contributed by atoms with E-state index in [2.05, 4.69) is 9.97 Å². The van der Waals surface area contributed by atoms with Crippen LogP contribution in [0.5, 0.6) is 0 Å². The molecule has 0 atom stereocenters. The molecule has 0 fully saturated rings. The van der Waals surface area contributed by atoms with Gasteiger partial charge in [0, 0.05) is 0 Å². The molecule has 1 rings (SSSR count). The molecule has 1 aromatic rings. The van der Waals surface area contributed by atoms with Crippen LogP contribution in [0.25, 0.3) is 0 Å². The van der Waals surface area contributed by atoms with Crippen molar-refractivity contribution in [1.29, 1.82) is 0 Å². The molecular weight excluding hydrogens is 212 g/mol. The Labute approximate surface area is 76.7 Å². The maximum absolute atomic E-state index is 10.8. The van der Waals surface area contributed by atoms with Crippen LogP contribution < -0.4 is 5.69 Å². The van der Waals surface area contributed by atoms with Crippen molar-refractivity contribution in [3.8, 4) is 0 Å². The van der Waals surface area contributed by atoms with Gasteiger partial charge in [-0.15, -0.1) is 0 Å². The van der Waals surface area contributed by atoms with Crippen LogP contribution in [-0.4, -0.2) is 14.5 Å². The summed E-state index contributed by atoms with van der Waals surface area (Å²) in [5.74, 6) is 0. The maximum atomic E-state index is 10.8. The monoisotopic (exact) mass is 213 g/mol. The number of nitrogens with zero attached hydrogens (tertiary/aromatic N) is 3.